The van der Waals surface area contributed by atoms with Gasteiger partial charge in [0.15, 0.2) is 0 Å². The summed E-state index contributed by atoms with van der Waals surface area (Å²) >= 11 is 0. The van der Waals surface area contributed by atoms with Gasteiger partial charge < -0.3 is 15.0 Å². The average Bonchev–Trinajstić information content (AvgIpc) is 3.36. The van der Waals surface area contributed by atoms with Crippen molar-refractivity contribution < 1.29 is 13.5 Å². The molecule has 2 saturated heterocycles. The highest BCUT2D eigenvalue weighted by Crippen LogP contribution is 2.29. The number of aromatic nitrogens is 3. The normalized spacial score (nSPS) is 19.0. The molecule has 0 aliphatic carbocycles. The van der Waals surface area contributed by atoms with Gasteiger partial charge in [0, 0.05) is 43.1 Å². The van der Waals surface area contributed by atoms with Gasteiger partial charge in [0.25, 0.3) is 0 Å². The molecule has 2 aliphatic heterocycles. The van der Waals surface area contributed by atoms with E-state index in [-0.39, 0.29) is 5.69 Å². The summed E-state index contributed by atoms with van der Waals surface area (Å²) < 4.78 is 33.8. The summed E-state index contributed by atoms with van der Waals surface area (Å²) in [5.74, 6) is -0.960. The summed E-state index contributed by atoms with van der Waals surface area (Å²) in [6.07, 6.45) is 2.57. The van der Waals surface area contributed by atoms with E-state index in [1.807, 2.05) is 6.07 Å². The third-order valence-corrected chi connectivity index (χ3v) is 6.37. The molecule has 9 heteroatoms. The van der Waals surface area contributed by atoms with Gasteiger partial charge in [-0.15, -0.1) is 5.10 Å². The monoisotopic (exact) mass is 454 g/mol. The molecule has 7 nitrogen and oxygen atoms in total. The van der Waals surface area contributed by atoms with Crippen LogP contribution >= 0.6 is 0 Å². The molecule has 0 amide bonds. The van der Waals surface area contributed by atoms with Crippen LogP contribution in [0.5, 0.6) is 0 Å². The fourth-order valence-electron chi connectivity index (χ4n) is 4.69. The minimum atomic E-state index is -0.659. The number of anilines is 3. The zero-order valence-corrected chi connectivity index (χ0v) is 18.8. The van der Waals surface area contributed by atoms with Gasteiger partial charge in [-0.25, -0.2) is 13.5 Å². The van der Waals surface area contributed by atoms with Gasteiger partial charge >= 0.3 is 0 Å². The first-order valence-electron chi connectivity index (χ1n) is 11.3. The molecule has 1 atom stereocenters. The highest BCUT2D eigenvalue weighted by molar-refractivity contribution is 5.64. The molecule has 2 aliphatic rings. The van der Waals surface area contributed by atoms with E-state index in [9.17, 15) is 8.78 Å². The molecule has 174 valence electrons. The second kappa shape index (κ2) is 9.07. The number of nitrogens with zero attached hydrogens (tertiary/aromatic N) is 5. The van der Waals surface area contributed by atoms with Crippen LogP contribution in [0, 0.1) is 18.6 Å². The second-order valence-corrected chi connectivity index (χ2v) is 8.74. The quantitative estimate of drug-likeness (QED) is 0.585. The van der Waals surface area contributed by atoms with Gasteiger partial charge in [-0.1, -0.05) is 0 Å². The van der Waals surface area contributed by atoms with Crippen LogP contribution in [0.15, 0.2) is 42.7 Å². The first-order valence-corrected chi connectivity index (χ1v) is 11.3. The number of aryl methyl sites for hydroxylation is 1. The lowest BCUT2D eigenvalue weighted by Crippen LogP contribution is -2.49. The minimum absolute atomic E-state index is 0.276. The first kappa shape index (κ1) is 21.8. The third-order valence-electron chi connectivity index (χ3n) is 6.37. The Morgan fingerprint density at radius 2 is 1.91 bits per heavy atom. The highest BCUT2D eigenvalue weighted by atomic mass is 19.1. The summed E-state index contributed by atoms with van der Waals surface area (Å²) in [4.78, 5) is 9.25. The van der Waals surface area contributed by atoms with Crippen molar-refractivity contribution in [3.05, 3.63) is 59.9 Å². The lowest BCUT2D eigenvalue weighted by atomic mass is 10.1. The molecule has 1 N–H and O–H groups in total. The Morgan fingerprint density at radius 1 is 1.12 bits per heavy atom. The molecule has 0 radical (unpaired) electrons. The second-order valence-electron chi connectivity index (χ2n) is 8.74. The van der Waals surface area contributed by atoms with Crippen molar-refractivity contribution in [3.63, 3.8) is 0 Å². The lowest BCUT2D eigenvalue weighted by molar-refractivity contribution is -0.0573. The molecule has 0 bridgehead atoms. The van der Waals surface area contributed by atoms with Gasteiger partial charge in [-0.05, 0) is 56.2 Å². The fraction of sp³-hybridized carbons (Fsp3) is 0.417. The van der Waals surface area contributed by atoms with Gasteiger partial charge in [0.1, 0.15) is 18.0 Å². The Morgan fingerprint density at radius 3 is 2.61 bits per heavy atom. The number of nitrogens with one attached hydrogen (secondary N) is 1. The topological polar surface area (TPSA) is 58.5 Å². The standard InChI is InChI=1S/C24H28F2N6O/c1-3-31(20-4-5-30(12-20)23-13-33-14-23)21-7-16(2)6-19(11-21)28-24-27-15-32(29-24)22-9-17(25)8-18(26)10-22/h6-11,15,20,23H,3-5,12-14H2,1-2H3,(H,28,29)/t20-/m0/s1. The number of hydrogen-bond acceptors (Lipinski definition) is 6. The predicted molar refractivity (Wildman–Crippen MR) is 123 cm³/mol. The summed E-state index contributed by atoms with van der Waals surface area (Å²) in [6.45, 7) is 9.02. The van der Waals surface area contributed by atoms with Crippen LogP contribution in [0.4, 0.5) is 26.1 Å². The van der Waals surface area contributed by atoms with Gasteiger partial charge in [0.05, 0.1) is 24.9 Å². The maximum atomic E-state index is 13.6. The van der Waals surface area contributed by atoms with E-state index in [1.165, 1.54) is 23.1 Å². The highest BCUT2D eigenvalue weighted by Gasteiger charge is 2.34. The van der Waals surface area contributed by atoms with Crippen molar-refractivity contribution in [2.45, 2.75) is 32.4 Å². The lowest BCUT2D eigenvalue weighted by Gasteiger charge is -2.36. The van der Waals surface area contributed by atoms with E-state index in [2.05, 4.69) is 51.2 Å². The third kappa shape index (κ3) is 4.69. The Bertz CT molecular complexity index is 1110. The van der Waals surface area contributed by atoms with Crippen molar-refractivity contribution in [3.8, 4) is 5.69 Å². The van der Waals surface area contributed by atoms with Crippen LogP contribution < -0.4 is 10.2 Å². The number of hydrogen-bond donors (Lipinski definition) is 1. The number of ether oxygens (including phenoxy) is 1. The number of likely N-dealkylation sites (N-methyl/N-ethyl adjacent to an activating group) is 1. The molecule has 2 aromatic carbocycles. The van der Waals surface area contributed by atoms with Crippen molar-refractivity contribution >= 4 is 17.3 Å². The Labute approximate surface area is 192 Å². The van der Waals surface area contributed by atoms with Crippen molar-refractivity contribution in [1.29, 1.82) is 0 Å². The fourth-order valence-corrected chi connectivity index (χ4v) is 4.69. The van der Waals surface area contributed by atoms with Crippen molar-refractivity contribution in [1.82, 2.24) is 19.7 Å². The maximum absolute atomic E-state index is 13.6. The van der Waals surface area contributed by atoms with E-state index in [1.54, 1.807) is 0 Å². The molecule has 1 aromatic heterocycles. The molecule has 0 unspecified atom stereocenters. The van der Waals surface area contributed by atoms with E-state index in [4.69, 9.17) is 4.74 Å². The zero-order chi connectivity index (χ0) is 22.9. The maximum Gasteiger partial charge on any atom is 0.246 e. The molecule has 3 heterocycles. The van der Waals surface area contributed by atoms with Crippen LogP contribution in [0.25, 0.3) is 5.69 Å². The molecule has 5 rings (SSSR count). The Balaban J connectivity index is 1.33. The summed E-state index contributed by atoms with van der Waals surface area (Å²) in [6, 6.07) is 10.6. The summed E-state index contributed by atoms with van der Waals surface area (Å²) in [7, 11) is 0. The predicted octanol–water partition coefficient (Wildman–Crippen LogP) is 3.90. The average molecular weight is 455 g/mol. The molecular weight excluding hydrogens is 426 g/mol. The first-order chi connectivity index (χ1) is 16.0. The van der Waals surface area contributed by atoms with Crippen LogP contribution in [0.3, 0.4) is 0 Å². The molecule has 0 saturated carbocycles. The summed E-state index contributed by atoms with van der Waals surface area (Å²) in [5.41, 5.74) is 3.43. The molecule has 3 aromatic rings. The minimum Gasteiger partial charge on any atom is -0.378 e. The number of benzene rings is 2. The van der Waals surface area contributed by atoms with E-state index in [0.717, 1.165) is 62.3 Å². The van der Waals surface area contributed by atoms with Crippen LogP contribution in [-0.2, 0) is 4.74 Å². The van der Waals surface area contributed by atoms with Gasteiger partial charge in [-0.3, -0.25) is 4.90 Å². The number of likely N-dealkylation sites (tertiary alicyclic amines) is 1. The van der Waals surface area contributed by atoms with Gasteiger partial charge in [-0.2, -0.15) is 4.98 Å². The van der Waals surface area contributed by atoms with Crippen LogP contribution in [0.1, 0.15) is 18.9 Å². The molecular formula is C24H28F2N6O. The van der Waals surface area contributed by atoms with Crippen LogP contribution in [0.2, 0.25) is 0 Å². The number of rotatable bonds is 7. The Hall–Kier alpha value is -3.04. The largest absolute Gasteiger partial charge is 0.378 e. The van der Waals surface area contributed by atoms with E-state index < -0.39 is 11.6 Å². The zero-order valence-electron chi connectivity index (χ0n) is 18.8. The molecule has 33 heavy (non-hydrogen) atoms. The smallest absolute Gasteiger partial charge is 0.246 e. The van der Waals surface area contributed by atoms with E-state index in [0.29, 0.717) is 18.0 Å². The van der Waals surface area contributed by atoms with Gasteiger partial charge in [0.2, 0.25) is 5.95 Å². The summed E-state index contributed by atoms with van der Waals surface area (Å²) in [5, 5.41) is 7.57. The van der Waals surface area contributed by atoms with Crippen LogP contribution in [-0.4, -0.2) is 64.6 Å². The van der Waals surface area contributed by atoms with Crippen molar-refractivity contribution in [2.24, 2.45) is 0 Å². The van der Waals surface area contributed by atoms with E-state index >= 15 is 0 Å². The number of halogens is 2. The van der Waals surface area contributed by atoms with Crippen molar-refractivity contribution in [2.75, 3.05) is 43.1 Å². The SMILES string of the molecule is CCN(c1cc(C)cc(Nc2ncn(-c3cc(F)cc(F)c3)n2)c1)[C@H]1CCN(C2COC2)C1. The molecule has 0 spiro atoms. The molecule has 2 fully saturated rings. The Kier molecular flexibility index (Phi) is 5.99.